The van der Waals surface area contributed by atoms with Crippen LogP contribution in [0.1, 0.15) is 45.4 Å². The first-order valence-corrected chi connectivity index (χ1v) is 13.5. The molecule has 2 fully saturated rings. The number of halogens is 2. The van der Waals surface area contributed by atoms with Gasteiger partial charge in [-0.2, -0.15) is 0 Å². The summed E-state index contributed by atoms with van der Waals surface area (Å²) in [7, 11) is 0. The van der Waals surface area contributed by atoms with Crippen molar-refractivity contribution in [3.05, 3.63) is 47.5 Å². The van der Waals surface area contributed by atoms with Gasteiger partial charge in [0.2, 0.25) is 0 Å². The molecule has 0 unspecified atom stereocenters. The second kappa shape index (κ2) is 12.1. The van der Waals surface area contributed by atoms with Gasteiger partial charge in [0.25, 0.3) is 0 Å². The van der Waals surface area contributed by atoms with E-state index in [1.165, 1.54) is 18.5 Å². The molecule has 2 aromatic carbocycles. The first kappa shape index (κ1) is 26.4. The molecule has 0 spiro atoms. The van der Waals surface area contributed by atoms with Gasteiger partial charge in [0, 0.05) is 23.7 Å². The van der Waals surface area contributed by atoms with E-state index in [1.807, 2.05) is 19.1 Å². The number of nitrogens with zero attached hydrogens (tertiary/aromatic N) is 3. The molecule has 0 radical (unpaired) electrons. The summed E-state index contributed by atoms with van der Waals surface area (Å²) in [5, 5.41) is 3.99. The first-order valence-electron chi connectivity index (χ1n) is 13.2. The van der Waals surface area contributed by atoms with Crippen LogP contribution in [-0.4, -0.2) is 59.3 Å². The fraction of sp³-hybridized carbons (Fsp3) is 0.464. The fourth-order valence-electron chi connectivity index (χ4n) is 4.96. The summed E-state index contributed by atoms with van der Waals surface area (Å²) in [5.74, 6) is 1.21. The average molecular weight is 543 g/mol. The van der Waals surface area contributed by atoms with E-state index in [0.29, 0.717) is 41.7 Å². The van der Waals surface area contributed by atoms with E-state index in [2.05, 4.69) is 20.2 Å². The van der Waals surface area contributed by atoms with Crippen LogP contribution in [0.4, 0.5) is 15.9 Å². The maximum absolute atomic E-state index is 13.6. The molecule has 3 aromatic rings. The number of ether oxygens (including phenoxy) is 3. The van der Waals surface area contributed by atoms with Crippen LogP contribution in [0.5, 0.6) is 11.5 Å². The Morgan fingerprint density at radius 1 is 1.16 bits per heavy atom. The van der Waals surface area contributed by atoms with Crippen LogP contribution < -0.4 is 14.8 Å². The molecule has 5 rings (SSSR count). The second-order valence-corrected chi connectivity index (χ2v) is 10.3. The number of nitrogens with one attached hydrogen (secondary N) is 1. The molecule has 1 N–H and O–H groups in total. The van der Waals surface area contributed by atoms with Crippen molar-refractivity contribution >= 4 is 40.0 Å². The number of hydrogen-bond acceptors (Lipinski definition) is 8. The van der Waals surface area contributed by atoms with Gasteiger partial charge in [-0.1, -0.05) is 11.6 Å². The maximum atomic E-state index is 13.6. The highest BCUT2D eigenvalue weighted by Gasteiger charge is 2.23. The molecule has 202 valence electrons. The van der Waals surface area contributed by atoms with Crippen molar-refractivity contribution in [3.8, 4) is 11.5 Å². The molecule has 2 heterocycles. The number of carbonyl (C=O) groups is 1. The van der Waals surface area contributed by atoms with Crippen LogP contribution in [0.25, 0.3) is 10.9 Å². The monoisotopic (exact) mass is 542 g/mol. The molecule has 0 bridgehead atoms. The standard InChI is InChI=1S/C28H32ClFN4O4/c1-18-15-34(16-27(35)37-18)10-4-5-11-36-25-13-21-24(14-26(25)38-20-6-2-3-7-20)31-17-32-28(21)33-19-8-9-23(30)22(29)12-19/h8-9,12-14,17-18,20H,2-7,10-11,15-16H2,1H3,(H,31,32,33)/t18-/m0/s1. The zero-order valence-electron chi connectivity index (χ0n) is 21.4. The predicted octanol–water partition coefficient (Wildman–Crippen LogP) is 5.89. The maximum Gasteiger partial charge on any atom is 0.320 e. The SMILES string of the molecule is C[C@H]1CN(CCCCOc2cc3c(Nc4ccc(F)c(Cl)c4)ncnc3cc2OC2CCCC2)CC(=O)O1. The summed E-state index contributed by atoms with van der Waals surface area (Å²) in [6, 6.07) is 8.22. The van der Waals surface area contributed by atoms with Gasteiger partial charge in [-0.15, -0.1) is 0 Å². The van der Waals surface area contributed by atoms with Crippen molar-refractivity contribution < 1.29 is 23.4 Å². The number of carbonyl (C=O) groups excluding carboxylic acids is 1. The molecule has 1 saturated carbocycles. The van der Waals surface area contributed by atoms with E-state index in [-0.39, 0.29) is 23.2 Å². The number of morpholine rings is 1. The van der Waals surface area contributed by atoms with Crippen molar-refractivity contribution in [3.63, 3.8) is 0 Å². The predicted molar refractivity (Wildman–Crippen MR) is 144 cm³/mol. The molecule has 1 atom stereocenters. The lowest BCUT2D eigenvalue weighted by Crippen LogP contribution is -2.44. The lowest BCUT2D eigenvalue weighted by Gasteiger charge is -2.30. The second-order valence-electron chi connectivity index (χ2n) is 9.91. The van der Waals surface area contributed by atoms with Crippen LogP contribution in [0.15, 0.2) is 36.7 Å². The molecular weight excluding hydrogens is 511 g/mol. The van der Waals surface area contributed by atoms with E-state index in [1.54, 1.807) is 6.07 Å². The van der Waals surface area contributed by atoms with Gasteiger partial charge in [-0.3, -0.25) is 9.69 Å². The molecule has 0 amide bonds. The minimum atomic E-state index is -0.483. The molecule has 2 aliphatic rings. The van der Waals surface area contributed by atoms with Crippen molar-refractivity contribution in [2.24, 2.45) is 0 Å². The minimum Gasteiger partial charge on any atom is -0.490 e. The zero-order valence-corrected chi connectivity index (χ0v) is 22.2. The summed E-state index contributed by atoms with van der Waals surface area (Å²) in [6.07, 6.45) is 7.66. The Bertz CT molecular complexity index is 1290. The zero-order chi connectivity index (χ0) is 26.5. The molecule has 1 saturated heterocycles. The van der Waals surface area contributed by atoms with E-state index in [9.17, 15) is 9.18 Å². The number of hydrogen-bond donors (Lipinski definition) is 1. The molecular formula is C28H32ClFN4O4. The van der Waals surface area contributed by atoms with Gasteiger partial charge in [-0.05, 0) is 76.3 Å². The molecule has 38 heavy (non-hydrogen) atoms. The Morgan fingerprint density at radius 3 is 2.79 bits per heavy atom. The van der Waals surface area contributed by atoms with Crippen LogP contribution in [0.3, 0.4) is 0 Å². The highest BCUT2D eigenvalue weighted by Crippen LogP contribution is 2.37. The topological polar surface area (TPSA) is 85.8 Å². The minimum absolute atomic E-state index is 0.0283. The number of unbranched alkanes of at least 4 members (excludes halogenated alkanes) is 1. The van der Waals surface area contributed by atoms with Crippen molar-refractivity contribution in [1.29, 1.82) is 0 Å². The third-order valence-corrected chi connectivity index (χ3v) is 7.10. The normalized spacial score (nSPS) is 18.5. The Balaban J connectivity index is 1.31. The van der Waals surface area contributed by atoms with Crippen molar-refractivity contribution in [1.82, 2.24) is 14.9 Å². The molecule has 8 nitrogen and oxygen atoms in total. The molecule has 10 heteroatoms. The van der Waals surface area contributed by atoms with Crippen molar-refractivity contribution in [2.75, 3.05) is 31.6 Å². The number of fused-ring (bicyclic) bond motifs is 1. The lowest BCUT2D eigenvalue weighted by atomic mass is 10.2. The van der Waals surface area contributed by atoms with Crippen LogP contribution >= 0.6 is 11.6 Å². The van der Waals surface area contributed by atoms with Crippen molar-refractivity contribution in [2.45, 2.75) is 57.7 Å². The van der Waals surface area contributed by atoms with Crippen LogP contribution in [0.2, 0.25) is 5.02 Å². The number of esters is 1. The number of cyclic esters (lactones) is 1. The fourth-order valence-corrected chi connectivity index (χ4v) is 5.15. The third kappa shape index (κ3) is 6.63. The number of aromatic nitrogens is 2. The quantitative estimate of drug-likeness (QED) is 0.250. The van der Waals surface area contributed by atoms with Gasteiger partial charge in [0.1, 0.15) is 24.1 Å². The third-order valence-electron chi connectivity index (χ3n) is 6.81. The summed E-state index contributed by atoms with van der Waals surface area (Å²) >= 11 is 5.96. The lowest BCUT2D eigenvalue weighted by molar-refractivity contribution is -0.157. The Labute approximate surface area is 226 Å². The molecule has 1 aliphatic carbocycles. The van der Waals surface area contributed by atoms with Crippen LogP contribution in [-0.2, 0) is 9.53 Å². The van der Waals surface area contributed by atoms with Gasteiger partial charge < -0.3 is 19.5 Å². The van der Waals surface area contributed by atoms with E-state index in [4.69, 9.17) is 25.8 Å². The van der Waals surface area contributed by atoms with E-state index >= 15 is 0 Å². The number of rotatable bonds is 10. The van der Waals surface area contributed by atoms with Crippen LogP contribution in [0, 0.1) is 5.82 Å². The summed E-state index contributed by atoms with van der Waals surface area (Å²) < 4.78 is 31.4. The smallest absolute Gasteiger partial charge is 0.320 e. The van der Waals surface area contributed by atoms with E-state index in [0.717, 1.165) is 57.0 Å². The Hall–Kier alpha value is -3.17. The number of benzene rings is 2. The Morgan fingerprint density at radius 2 is 2.00 bits per heavy atom. The average Bonchev–Trinajstić information content (AvgIpc) is 3.39. The molecule has 1 aliphatic heterocycles. The highest BCUT2D eigenvalue weighted by atomic mass is 35.5. The van der Waals surface area contributed by atoms with Gasteiger partial charge in [-0.25, -0.2) is 14.4 Å². The molecule has 1 aromatic heterocycles. The summed E-state index contributed by atoms with van der Waals surface area (Å²) in [5.41, 5.74) is 1.32. The van der Waals surface area contributed by atoms with E-state index < -0.39 is 5.82 Å². The Kier molecular flexibility index (Phi) is 8.44. The number of anilines is 2. The summed E-state index contributed by atoms with van der Waals surface area (Å²) in [6.45, 7) is 4.32. The largest absolute Gasteiger partial charge is 0.490 e. The highest BCUT2D eigenvalue weighted by molar-refractivity contribution is 6.31. The first-order chi connectivity index (χ1) is 18.4. The van der Waals surface area contributed by atoms with Gasteiger partial charge >= 0.3 is 5.97 Å². The summed E-state index contributed by atoms with van der Waals surface area (Å²) in [4.78, 5) is 22.7. The van der Waals surface area contributed by atoms with Gasteiger partial charge in [0.15, 0.2) is 11.5 Å². The van der Waals surface area contributed by atoms with Gasteiger partial charge in [0.05, 0.1) is 29.8 Å².